The number of carbonyl (C=O) groups is 6. The third-order valence-corrected chi connectivity index (χ3v) is 6.72. The van der Waals surface area contributed by atoms with Crippen LogP contribution in [0.15, 0.2) is 22.5 Å². The summed E-state index contributed by atoms with van der Waals surface area (Å²) in [6, 6.07) is -6.48. The molecule has 22 heteroatoms. The number of carbonyl (C=O) groups excluding carboxylic acids is 5. The number of rotatable bonds is 22. The van der Waals surface area contributed by atoms with Gasteiger partial charge >= 0.3 is 5.97 Å². The van der Waals surface area contributed by atoms with Crippen LogP contribution in [0.4, 0.5) is 0 Å². The summed E-state index contributed by atoms with van der Waals surface area (Å²) < 4.78 is 0. The van der Waals surface area contributed by atoms with E-state index in [4.69, 9.17) is 28.7 Å². The number of nitrogens with zero attached hydrogens (tertiary/aromatic N) is 3. The van der Waals surface area contributed by atoms with Crippen LogP contribution in [0.1, 0.15) is 45.2 Å². The van der Waals surface area contributed by atoms with E-state index in [1.54, 1.807) is 0 Å². The maximum atomic E-state index is 13.5. The van der Waals surface area contributed by atoms with Gasteiger partial charge in [0.2, 0.25) is 29.5 Å². The van der Waals surface area contributed by atoms with E-state index >= 15 is 0 Å². The van der Waals surface area contributed by atoms with Crippen molar-refractivity contribution in [3.63, 3.8) is 0 Å². The first-order valence-electron chi connectivity index (χ1n) is 15.2. The number of carboxylic acids is 1. The lowest BCUT2D eigenvalue weighted by molar-refractivity contribution is -0.142. The fourth-order valence-corrected chi connectivity index (χ4v) is 4.11. The van der Waals surface area contributed by atoms with Crippen molar-refractivity contribution in [1.82, 2.24) is 36.6 Å². The molecule has 22 nitrogen and oxygen atoms in total. The van der Waals surface area contributed by atoms with Crippen LogP contribution in [0.5, 0.6) is 0 Å². The maximum absolute atomic E-state index is 13.5. The molecule has 0 aliphatic carbocycles. The van der Waals surface area contributed by atoms with E-state index in [9.17, 15) is 39.0 Å². The number of aliphatic carboxylic acids is 1. The molecule has 0 spiro atoms. The molecule has 0 fully saturated rings. The topological polar surface area (TPSA) is 387 Å². The van der Waals surface area contributed by atoms with Gasteiger partial charge in [-0.1, -0.05) is 0 Å². The Morgan fingerprint density at radius 2 is 1.37 bits per heavy atom. The van der Waals surface area contributed by atoms with E-state index in [-0.39, 0.29) is 57.1 Å². The molecule has 0 aliphatic rings. The minimum absolute atomic E-state index is 0.0149. The van der Waals surface area contributed by atoms with Crippen molar-refractivity contribution in [1.29, 1.82) is 0 Å². The minimum Gasteiger partial charge on any atom is -0.480 e. The van der Waals surface area contributed by atoms with Crippen molar-refractivity contribution in [2.24, 2.45) is 38.7 Å². The number of guanidine groups is 2. The van der Waals surface area contributed by atoms with Gasteiger partial charge in [0.15, 0.2) is 11.9 Å². The third kappa shape index (κ3) is 16.7. The van der Waals surface area contributed by atoms with Gasteiger partial charge in [-0.15, -0.1) is 0 Å². The monoisotopic (exact) mass is 696 g/mol. The summed E-state index contributed by atoms with van der Waals surface area (Å²) >= 11 is 0. The first-order chi connectivity index (χ1) is 23.0. The van der Waals surface area contributed by atoms with Crippen LogP contribution >= 0.6 is 0 Å². The van der Waals surface area contributed by atoms with Crippen LogP contribution in [0.3, 0.4) is 0 Å². The van der Waals surface area contributed by atoms with Crippen LogP contribution in [-0.2, 0) is 35.2 Å². The second kappa shape index (κ2) is 21.4. The SMILES string of the molecule is C[C@H](NC(=O)[C@H](CCCN=C(N)N)NC(=O)[C@H](CCCN=C(N)N)NC(=O)[C@@H](NC(=O)CNC(=O)[C@@H](N)Cc1cnc[nH]1)[C@@H](C)O)C(=O)O. The highest BCUT2D eigenvalue weighted by Crippen LogP contribution is 2.06. The number of nitrogens with two attached hydrogens (primary N) is 5. The molecular formula is C27H48N14O8. The summed E-state index contributed by atoms with van der Waals surface area (Å²) in [7, 11) is 0. The minimum atomic E-state index is -1.58. The van der Waals surface area contributed by atoms with Gasteiger partial charge in [0, 0.05) is 31.4 Å². The standard InChI is InChI=1S/C27H48N14O8/c1-13(25(48)49)38-22(45)17(5-3-7-34-26(29)30)39-23(46)18(6-4-8-35-27(31)32)40-24(47)20(14(2)42)41-19(43)11-36-21(44)16(28)9-15-10-33-12-37-15/h10,12-14,16-18,20,42H,3-9,11,28H2,1-2H3,(H,33,37)(H,36,44)(H,38,45)(H,39,46)(H,40,47)(H,41,43)(H,48,49)(H4,29,30,34)(H4,31,32,35)/t13-,14+,16-,17-,18-,20-/m0/s1. The lowest BCUT2D eigenvalue weighted by Gasteiger charge is -2.26. The Labute approximate surface area is 281 Å². The van der Waals surface area contributed by atoms with Gasteiger partial charge < -0.3 is 70.4 Å². The van der Waals surface area contributed by atoms with Crippen LogP contribution in [0.25, 0.3) is 0 Å². The number of aromatic nitrogens is 2. The number of aliphatic imine (C=N–C) groups is 2. The van der Waals surface area contributed by atoms with Gasteiger partial charge in [-0.05, 0) is 39.5 Å². The predicted molar refractivity (Wildman–Crippen MR) is 176 cm³/mol. The lowest BCUT2D eigenvalue weighted by Crippen LogP contribution is -2.60. The molecule has 5 amide bonds. The average Bonchev–Trinajstić information content (AvgIpc) is 3.53. The lowest BCUT2D eigenvalue weighted by atomic mass is 10.1. The highest BCUT2D eigenvalue weighted by atomic mass is 16.4. The van der Waals surface area contributed by atoms with Crippen LogP contribution in [0.2, 0.25) is 0 Å². The van der Waals surface area contributed by atoms with Crippen molar-refractivity contribution < 1.29 is 39.0 Å². The fraction of sp³-hybridized carbons (Fsp3) is 0.593. The fourth-order valence-electron chi connectivity index (χ4n) is 4.11. The molecule has 0 unspecified atom stereocenters. The second-order valence-corrected chi connectivity index (χ2v) is 11.0. The molecule has 274 valence electrons. The van der Waals surface area contributed by atoms with Gasteiger partial charge in [-0.2, -0.15) is 0 Å². The zero-order chi connectivity index (χ0) is 37.1. The van der Waals surface area contributed by atoms with E-state index < -0.39 is 78.4 Å². The van der Waals surface area contributed by atoms with Gasteiger partial charge in [-0.3, -0.25) is 38.8 Å². The van der Waals surface area contributed by atoms with Crippen molar-refractivity contribution in [2.75, 3.05) is 19.6 Å². The highest BCUT2D eigenvalue weighted by Gasteiger charge is 2.32. The summed E-state index contributed by atoms with van der Waals surface area (Å²) in [5.74, 6) is -5.86. The maximum Gasteiger partial charge on any atom is 0.325 e. The number of H-pyrrole nitrogens is 1. The van der Waals surface area contributed by atoms with Gasteiger partial charge in [0.05, 0.1) is 25.0 Å². The van der Waals surface area contributed by atoms with Crippen LogP contribution < -0.4 is 55.3 Å². The summed E-state index contributed by atoms with van der Waals surface area (Å²) in [5.41, 5.74) is 27.8. The molecule has 1 aromatic heterocycles. The zero-order valence-electron chi connectivity index (χ0n) is 27.3. The number of aliphatic hydroxyl groups is 1. The van der Waals surface area contributed by atoms with E-state index in [1.165, 1.54) is 26.4 Å². The van der Waals surface area contributed by atoms with Crippen LogP contribution in [0, 0.1) is 0 Å². The van der Waals surface area contributed by atoms with Crippen molar-refractivity contribution >= 4 is 47.4 Å². The number of nitrogens with one attached hydrogen (secondary N) is 6. The molecule has 18 N–H and O–H groups in total. The van der Waals surface area contributed by atoms with Gasteiger partial charge in [0.1, 0.15) is 24.2 Å². The molecule has 0 bridgehead atoms. The van der Waals surface area contributed by atoms with Crippen molar-refractivity contribution in [3.8, 4) is 0 Å². The Bertz CT molecular complexity index is 1310. The Balaban J connectivity index is 3.04. The Kier molecular flexibility index (Phi) is 18.1. The average molecular weight is 697 g/mol. The Morgan fingerprint density at radius 3 is 1.84 bits per heavy atom. The molecule has 0 saturated carbocycles. The summed E-state index contributed by atoms with van der Waals surface area (Å²) in [6.07, 6.45) is 1.87. The van der Waals surface area contributed by atoms with E-state index in [0.29, 0.717) is 5.69 Å². The smallest absolute Gasteiger partial charge is 0.325 e. The first kappa shape index (κ1) is 41.5. The largest absolute Gasteiger partial charge is 0.480 e. The summed E-state index contributed by atoms with van der Waals surface area (Å²) in [6.45, 7) is 2.04. The van der Waals surface area contributed by atoms with E-state index in [1.807, 2.05) is 0 Å². The first-order valence-corrected chi connectivity index (χ1v) is 15.2. The predicted octanol–water partition coefficient (Wildman–Crippen LogP) is -6.07. The number of aromatic amines is 1. The number of carboxylic acid groups (broad SMARTS) is 1. The molecule has 1 aromatic rings. The normalized spacial score (nSPS) is 14.4. The van der Waals surface area contributed by atoms with E-state index in [2.05, 4.69) is 46.5 Å². The molecule has 1 heterocycles. The molecule has 1 rings (SSSR count). The van der Waals surface area contributed by atoms with Crippen molar-refractivity contribution in [2.45, 2.75) is 82.3 Å². The summed E-state index contributed by atoms with van der Waals surface area (Å²) in [5, 5.41) is 31.4. The number of imidazole rings is 1. The number of amides is 5. The number of aliphatic hydroxyl groups excluding tert-OH is 1. The van der Waals surface area contributed by atoms with Gasteiger partial charge in [0.25, 0.3) is 0 Å². The molecule has 6 atom stereocenters. The summed E-state index contributed by atoms with van der Waals surface area (Å²) in [4.78, 5) is 90.2. The van der Waals surface area contributed by atoms with Gasteiger partial charge in [-0.25, -0.2) is 4.98 Å². The molecule has 49 heavy (non-hydrogen) atoms. The third-order valence-electron chi connectivity index (χ3n) is 6.72. The molecule has 0 saturated heterocycles. The molecule has 0 radical (unpaired) electrons. The van der Waals surface area contributed by atoms with E-state index in [0.717, 1.165) is 0 Å². The quantitative estimate of drug-likeness (QED) is 0.0305. The molecule has 0 aliphatic heterocycles. The molecular weight excluding hydrogens is 648 g/mol. The molecule has 0 aromatic carbocycles. The van der Waals surface area contributed by atoms with Crippen LogP contribution in [-0.4, -0.2) is 124 Å². The Morgan fingerprint density at radius 1 is 0.837 bits per heavy atom. The second-order valence-electron chi connectivity index (χ2n) is 11.0. The number of hydrogen-bond acceptors (Lipinski definition) is 11. The number of hydrogen-bond donors (Lipinski definition) is 13. The van der Waals surface area contributed by atoms with Crippen molar-refractivity contribution in [3.05, 3.63) is 18.2 Å². The highest BCUT2D eigenvalue weighted by molar-refractivity contribution is 5.95. The Hall–Kier alpha value is -5.51. The zero-order valence-corrected chi connectivity index (χ0v) is 27.3.